The van der Waals surface area contributed by atoms with Crippen molar-refractivity contribution in [1.29, 1.82) is 0 Å². The molecule has 10 heteroatoms. The molecule has 1 aliphatic carbocycles. The Kier molecular flexibility index (Phi) is 7.90. The van der Waals surface area contributed by atoms with Crippen molar-refractivity contribution >= 4 is 23.4 Å². The summed E-state index contributed by atoms with van der Waals surface area (Å²) < 4.78 is 10.4. The van der Waals surface area contributed by atoms with Crippen molar-refractivity contribution in [3.8, 4) is 11.5 Å². The Bertz CT molecular complexity index is 979. The number of benzene rings is 1. The molecule has 3 rings (SSSR count). The van der Waals surface area contributed by atoms with Crippen LogP contribution in [0.25, 0.3) is 0 Å². The van der Waals surface area contributed by atoms with Gasteiger partial charge in [-0.2, -0.15) is 0 Å². The predicted molar refractivity (Wildman–Crippen MR) is 123 cm³/mol. The molecule has 1 aromatic carbocycles. The van der Waals surface area contributed by atoms with Gasteiger partial charge >= 0.3 is 0 Å². The molecular weight excluding hydrogens is 442 g/mol. The maximum absolute atomic E-state index is 13.1. The molecule has 1 aromatic rings. The van der Waals surface area contributed by atoms with Crippen LogP contribution in [0, 0.1) is 27.9 Å². The summed E-state index contributed by atoms with van der Waals surface area (Å²) in [7, 11) is 2.83. The summed E-state index contributed by atoms with van der Waals surface area (Å²) in [4.78, 5) is 51.3. The number of methoxy groups -OCH3 is 2. The zero-order valence-corrected chi connectivity index (χ0v) is 19.9. The van der Waals surface area contributed by atoms with E-state index >= 15 is 0 Å². The minimum absolute atomic E-state index is 0.0732. The number of rotatable bonds is 10. The lowest BCUT2D eigenvalue weighted by atomic mass is 9.85. The monoisotopic (exact) mass is 473 g/mol. The Morgan fingerprint density at radius 2 is 1.68 bits per heavy atom. The van der Waals surface area contributed by atoms with Crippen LogP contribution in [0.3, 0.4) is 0 Å². The first kappa shape index (κ1) is 25.2. The quantitative estimate of drug-likeness (QED) is 0.239. The zero-order valence-electron chi connectivity index (χ0n) is 19.9. The molecule has 0 bridgehead atoms. The average Bonchev–Trinajstić information content (AvgIpc) is 3.06. The fourth-order valence-corrected chi connectivity index (χ4v) is 4.63. The summed E-state index contributed by atoms with van der Waals surface area (Å²) in [6, 6.07) is 1.89. The van der Waals surface area contributed by atoms with Gasteiger partial charge < -0.3 is 14.8 Å². The van der Waals surface area contributed by atoms with E-state index in [0.717, 1.165) is 4.90 Å². The Morgan fingerprint density at radius 3 is 2.18 bits per heavy atom. The van der Waals surface area contributed by atoms with Crippen LogP contribution in [0.5, 0.6) is 11.5 Å². The third kappa shape index (κ3) is 5.05. The summed E-state index contributed by atoms with van der Waals surface area (Å²) in [6.45, 7) is 3.94. The smallest absolute Gasteiger partial charge is 0.276 e. The van der Waals surface area contributed by atoms with Crippen molar-refractivity contribution in [2.45, 2.75) is 45.6 Å². The summed E-state index contributed by atoms with van der Waals surface area (Å²) in [5.41, 5.74) is 0.223. The highest BCUT2D eigenvalue weighted by atomic mass is 16.6. The van der Waals surface area contributed by atoms with E-state index in [2.05, 4.69) is 5.32 Å². The molecule has 34 heavy (non-hydrogen) atoms. The Balaban J connectivity index is 1.75. The third-order valence-corrected chi connectivity index (χ3v) is 6.33. The number of carbonyl (C=O) groups excluding carboxylic acids is 3. The first-order chi connectivity index (χ1) is 16.2. The van der Waals surface area contributed by atoms with E-state index in [0.29, 0.717) is 30.6 Å². The van der Waals surface area contributed by atoms with Crippen LogP contribution >= 0.6 is 0 Å². The molecule has 0 aromatic heterocycles. The molecule has 10 nitrogen and oxygen atoms in total. The Hall–Kier alpha value is -3.43. The van der Waals surface area contributed by atoms with Gasteiger partial charge in [0.1, 0.15) is 6.04 Å². The Morgan fingerprint density at radius 1 is 1.12 bits per heavy atom. The molecule has 1 saturated heterocycles. The van der Waals surface area contributed by atoms with Crippen LogP contribution in [0.4, 0.5) is 5.69 Å². The number of allylic oxidation sites excluding steroid dienone is 2. The van der Waals surface area contributed by atoms with Crippen LogP contribution in [0.2, 0.25) is 0 Å². The van der Waals surface area contributed by atoms with Crippen molar-refractivity contribution in [2.75, 3.05) is 20.8 Å². The van der Waals surface area contributed by atoms with Crippen molar-refractivity contribution in [3.05, 3.63) is 40.0 Å². The summed E-state index contributed by atoms with van der Waals surface area (Å²) in [5.74, 6) is -1.19. The number of amides is 3. The highest BCUT2D eigenvalue weighted by Gasteiger charge is 2.51. The number of nitrogens with one attached hydrogen (secondary N) is 1. The molecule has 3 unspecified atom stereocenters. The summed E-state index contributed by atoms with van der Waals surface area (Å²) in [5, 5.41) is 14.3. The van der Waals surface area contributed by atoms with Crippen LogP contribution in [0.15, 0.2) is 24.3 Å². The van der Waals surface area contributed by atoms with E-state index < -0.39 is 28.7 Å². The van der Waals surface area contributed by atoms with Gasteiger partial charge in [0.25, 0.3) is 5.69 Å². The number of nitro groups is 1. The number of nitrogens with zero attached hydrogens (tertiary/aromatic N) is 2. The fourth-order valence-electron chi connectivity index (χ4n) is 4.63. The first-order valence-electron chi connectivity index (χ1n) is 11.4. The molecule has 0 saturated carbocycles. The largest absolute Gasteiger partial charge is 0.493 e. The highest BCUT2D eigenvalue weighted by molar-refractivity contribution is 6.08. The van der Waals surface area contributed by atoms with Crippen molar-refractivity contribution < 1.29 is 28.8 Å². The molecule has 184 valence electrons. The van der Waals surface area contributed by atoms with Gasteiger partial charge in [0.2, 0.25) is 17.7 Å². The lowest BCUT2D eigenvalue weighted by molar-refractivity contribution is -0.385. The van der Waals surface area contributed by atoms with Gasteiger partial charge in [0.15, 0.2) is 11.5 Å². The van der Waals surface area contributed by atoms with Gasteiger partial charge in [-0.05, 0) is 37.7 Å². The number of nitro benzene ring substituents is 1. The number of hydrogen-bond acceptors (Lipinski definition) is 7. The SMILES string of the molecule is COc1cc(CCNC(=O)C(CC(C)C)N2C(=O)C3CC=CCC3C2=O)c([N+](=O)[O-])cc1OC. The molecule has 0 spiro atoms. The lowest BCUT2D eigenvalue weighted by Crippen LogP contribution is -2.51. The maximum Gasteiger partial charge on any atom is 0.276 e. The first-order valence-corrected chi connectivity index (χ1v) is 11.4. The van der Waals surface area contributed by atoms with E-state index in [1.807, 2.05) is 26.0 Å². The molecule has 3 atom stereocenters. The minimum Gasteiger partial charge on any atom is -0.493 e. The molecule has 1 fully saturated rings. The van der Waals surface area contributed by atoms with E-state index in [4.69, 9.17) is 9.47 Å². The molecule has 1 aliphatic heterocycles. The number of ether oxygens (including phenoxy) is 2. The zero-order chi connectivity index (χ0) is 25.0. The fraction of sp³-hybridized carbons (Fsp3) is 0.542. The van der Waals surface area contributed by atoms with E-state index in [-0.39, 0.29) is 42.1 Å². The van der Waals surface area contributed by atoms with Gasteiger partial charge in [-0.3, -0.25) is 29.4 Å². The number of hydrogen-bond donors (Lipinski definition) is 1. The Labute approximate surface area is 198 Å². The van der Waals surface area contributed by atoms with Gasteiger partial charge in [0, 0.05) is 12.1 Å². The molecule has 1 heterocycles. The molecular formula is C24H31N3O7. The van der Waals surface area contributed by atoms with Crippen LogP contribution in [-0.4, -0.2) is 54.4 Å². The number of fused-ring (bicyclic) bond motifs is 1. The summed E-state index contributed by atoms with van der Waals surface area (Å²) in [6.07, 6.45) is 5.32. The van der Waals surface area contributed by atoms with E-state index in [9.17, 15) is 24.5 Å². The van der Waals surface area contributed by atoms with Crippen LogP contribution < -0.4 is 14.8 Å². The van der Waals surface area contributed by atoms with Crippen LogP contribution in [-0.2, 0) is 20.8 Å². The second-order valence-electron chi connectivity index (χ2n) is 8.98. The molecule has 1 N–H and O–H groups in total. The van der Waals surface area contributed by atoms with Crippen molar-refractivity contribution in [3.63, 3.8) is 0 Å². The van der Waals surface area contributed by atoms with Crippen molar-refractivity contribution in [1.82, 2.24) is 10.2 Å². The number of imide groups is 1. The summed E-state index contributed by atoms with van der Waals surface area (Å²) >= 11 is 0. The minimum atomic E-state index is -0.911. The topological polar surface area (TPSA) is 128 Å². The molecule has 2 aliphatic rings. The van der Waals surface area contributed by atoms with Crippen molar-refractivity contribution in [2.24, 2.45) is 17.8 Å². The predicted octanol–water partition coefficient (Wildman–Crippen LogP) is 2.64. The second kappa shape index (κ2) is 10.7. The van der Waals surface area contributed by atoms with Gasteiger partial charge in [-0.1, -0.05) is 26.0 Å². The number of likely N-dealkylation sites (tertiary alicyclic amines) is 1. The molecule has 0 radical (unpaired) electrons. The third-order valence-electron chi connectivity index (χ3n) is 6.33. The highest BCUT2D eigenvalue weighted by Crippen LogP contribution is 2.37. The lowest BCUT2D eigenvalue weighted by Gasteiger charge is -2.27. The van der Waals surface area contributed by atoms with Gasteiger partial charge in [-0.15, -0.1) is 0 Å². The van der Waals surface area contributed by atoms with Crippen LogP contribution in [0.1, 0.15) is 38.7 Å². The van der Waals surface area contributed by atoms with E-state index in [1.165, 1.54) is 26.4 Å². The molecule has 3 amide bonds. The number of carbonyl (C=O) groups is 3. The second-order valence-corrected chi connectivity index (χ2v) is 8.98. The standard InChI is InChI=1S/C24H31N3O7/c1-14(2)11-19(26-23(29)16-7-5-6-8-17(16)24(26)30)22(28)25-10-9-15-12-20(33-3)21(34-4)13-18(15)27(31)32/h5-6,12-14,16-17,19H,7-11H2,1-4H3,(H,25,28). The van der Waals surface area contributed by atoms with E-state index in [1.54, 1.807) is 0 Å². The normalized spacial score (nSPS) is 20.3. The average molecular weight is 474 g/mol. The van der Waals surface area contributed by atoms with Gasteiger partial charge in [-0.25, -0.2) is 0 Å². The maximum atomic E-state index is 13.1. The van der Waals surface area contributed by atoms with Gasteiger partial charge in [0.05, 0.1) is 37.0 Å².